The molecular weight excluding hydrogens is 310 g/mol. The van der Waals surface area contributed by atoms with Crippen LogP contribution >= 0.6 is 15.9 Å². The summed E-state index contributed by atoms with van der Waals surface area (Å²) in [5.74, 6) is 2.12. The van der Waals surface area contributed by atoms with Gasteiger partial charge >= 0.3 is 0 Å². The van der Waals surface area contributed by atoms with Crippen molar-refractivity contribution < 1.29 is 9.47 Å². The van der Waals surface area contributed by atoms with E-state index in [2.05, 4.69) is 21.0 Å². The summed E-state index contributed by atoms with van der Waals surface area (Å²) in [4.78, 5) is 0. The number of ether oxygens (including phenoxy) is 2. The van der Waals surface area contributed by atoms with Crippen LogP contribution in [0.1, 0.15) is 6.42 Å². The van der Waals surface area contributed by atoms with E-state index < -0.39 is 0 Å². The van der Waals surface area contributed by atoms with Gasteiger partial charge in [-0.05, 0) is 28.1 Å². The van der Waals surface area contributed by atoms with E-state index in [0.717, 1.165) is 33.6 Å². The molecule has 5 nitrogen and oxygen atoms in total. The van der Waals surface area contributed by atoms with Crippen LogP contribution in [-0.4, -0.2) is 23.0 Å². The summed E-state index contributed by atoms with van der Waals surface area (Å²) >= 11 is 3.58. The number of halogens is 1. The average molecular weight is 324 g/mol. The van der Waals surface area contributed by atoms with E-state index in [4.69, 9.17) is 15.2 Å². The third-order valence-electron chi connectivity index (χ3n) is 3.05. The minimum atomic E-state index is 0.619. The second kappa shape index (κ2) is 4.77. The van der Waals surface area contributed by atoms with Crippen molar-refractivity contribution in [3.63, 3.8) is 0 Å². The van der Waals surface area contributed by atoms with Crippen molar-refractivity contribution in [2.75, 3.05) is 18.9 Å². The number of hydrogen-bond donors (Lipinski definition) is 1. The predicted molar refractivity (Wildman–Crippen MR) is 76.4 cm³/mol. The first-order valence-corrected chi connectivity index (χ1v) is 6.84. The Bertz CT molecular complexity index is 605. The lowest BCUT2D eigenvalue weighted by atomic mass is 10.1. The molecule has 1 aliphatic rings. The van der Waals surface area contributed by atoms with E-state index >= 15 is 0 Å². The lowest BCUT2D eigenvalue weighted by molar-refractivity contribution is 0.296. The van der Waals surface area contributed by atoms with Crippen LogP contribution in [0.3, 0.4) is 0 Å². The van der Waals surface area contributed by atoms with Gasteiger partial charge in [0.25, 0.3) is 0 Å². The highest BCUT2D eigenvalue weighted by Crippen LogP contribution is 2.42. The Kier molecular flexibility index (Phi) is 3.10. The van der Waals surface area contributed by atoms with Crippen LogP contribution in [-0.2, 0) is 7.05 Å². The maximum atomic E-state index is 5.82. The summed E-state index contributed by atoms with van der Waals surface area (Å²) in [5, 5.41) is 4.38. The highest BCUT2D eigenvalue weighted by atomic mass is 79.9. The van der Waals surface area contributed by atoms with E-state index in [0.29, 0.717) is 19.0 Å². The Morgan fingerprint density at radius 2 is 2.11 bits per heavy atom. The molecular formula is C13H14BrN3O2. The standard InChI is InChI=1S/C13H14BrN3O2/c1-17-11(15)7-9(16-17)8-3-4-10-13(12(8)14)19-6-2-5-18-10/h3-4,7H,2,5-6,15H2,1H3. The molecule has 0 radical (unpaired) electrons. The highest BCUT2D eigenvalue weighted by molar-refractivity contribution is 9.10. The minimum Gasteiger partial charge on any atom is -0.490 e. The summed E-state index contributed by atoms with van der Waals surface area (Å²) < 4.78 is 13.9. The maximum absolute atomic E-state index is 5.82. The van der Waals surface area contributed by atoms with Gasteiger partial charge in [0.1, 0.15) is 5.82 Å². The summed E-state index contributed by atoms with van der Waals surface area (Å²) in [5.41, 5.74) is 7.57. The zero-order valence-electron chi connectivity index (χ0n) is 10.5. The van der Waals surface area contributed by atoms with Gasteiger partial charge in [-0.15, -0.1) is 0 Å². The number of aryl methyl sites for hydroxylation is 1. The number of benzene rings is 1. The van der Waals surface area contributed by atoms with Crippen LogP contribution in [0.15, 0.2) is 22.7 Å². The molecule has 2 N–H and O–H groups in total. The van der Waals surface area contributed by atoms with Crippen LogP contribution < -0.4 is 15.2 Å². The molecule has 0 aliphatic carbocycles. The monoisotopic (exact) mass is 323 g/mol. The Labute approximate surface area is 119 Å². The SMILES string of the molecule is Cn1nc(-c2ccc3c(c2Br)OCCCO3)cc1N. The molecule has 0 spiro atoms. The molecule has 0 bridgehead atoms. The number of nitrogen functional groups attached to an aromatic ring is 1. The average Bonchev–Trinajstić information content (AvgIpc) is 2.62. The molecule has 0 unspecified atom stereocenters. The van der Waals surface area contributed by atoms with E-state index in [1.165, 1.54) is 0 Å². The fourth-order valence-corrected chi connectivity index (χ4v) is 2.66. The molecule has 6 heteroatoms. The first-order chi connectivity index (χ1) is 9.16. The zero-order chi connectivity index (χ0) is 13.4. The van der Waals surface area contributed by atoms with Crippen molar-refractivity contribution in [1.82, 2.24) is 9.78 Å². The minimum absolute atomic E-state index is 0.619. The Morgan fingerprint density at radius 3 is 2.84 bits per heavy atom. The lowest BCUT2D eigenvalue weighted by Gasteiger charge is -2.11. The van der Waals surface area contributed by atoms with E-state index in [1.807, 2.05) is 25.2 Å². The van der Waals surface area contributed by atoms with Gasteiger partial charge in [-0.1, -0.05) is 0 Å². The third kappa shape index (κ3) is 2.16. The molecule has 100 valence electrons. The van der Waals surface area contributed by atoms with Crippen molar-refractivity contribution in [2.45, 2.75) is 6.42 Å². The Morgan fingerprint density at radius 1 is 1.32 bits per heavy atom. The maximum Gasteiger partial charge on any atom is 0.176 e. The summed E-state index contributed by atoms with van der Waals surface area (Å²) in [6, 6.07) is 5.70. The molecule has 0 amide bonds. The second-order valence-electron chi connectivity index (χ2n) is 4.38. The molecule has 0 atom stereocenters. The van der Waals surface area contributed by atoms with Crippen molar-refractivity contribution in [3.8, 4) is 22.8 Å². The van der Waals surface area contributed by atoms with Crippen LogP contribution in [0.4, 0.5) is 5.82 Å². The van der Waals surface area contributed by atoms with Crippen molar-refractivity contribution in [3.05, 3.63) is 22.7 Å². The topological polar surface area (TPSA) is 62.3 Å². The van der Waals surface area contributed by atoms with Crippen LogP contribution in [0.2, 0.25) is 0 Å². The van der Waals surface area contributed by atoms with Gasteiger partial charge in [0.2, 0.25) is 0 Å². The first-order valence-electron chi connectivity index (χ1n) is 6.05. The number of nitrogens with zero attached hydrogens (tertiary/aromatic N) is 2. The van der Waals surface area contributed by atoms with Crippen LogP contribution in [0, 0.1) is 0 Å². The molecule has 19 heavy (non-hydrogen) atoms. The van der Waals surface area contributed by atoms with Crippen LogP contribution in [0.5, 0.6) is 11.5 Å². The fourth-order valence-electron chi connectivity index (χ4n) is 2.01. The van der Waals surface area contributed by atoms with Gasteiger partial charge in [-0.25, -0.2) is 0 Å². The van der Waals surface area contributed by atoms with Crippen molar-refractivity contribution >= 4 is 21.7 Å². The van der Waals surface area contributed by atoms with E-state index in [-0.39, 0.29) is 0 Å². The molecule has 3 rings (SSSR count). The number of hydrogen-bond acceptors (Lipinski definition) is 4. The molecule has 1 aromatic heterocycles. The van der Waals surface area contributed by atoms with Gasteiger partial charge in [-0.2, -0.15) is 5.10 Å². The molecule has 1 aromatic carbocycles. The quantitative estimate of drug-likeness (QED) is 0.876. The zero-order valence-corrected chi connectivity index (χ0v) is 12.1. The summed E-state index contributed by atoms with van der Waals surface area (Å²) in [7, 11) is 1.82. The molecule has 0 fully saturated rings. The van der Waals surface area contributed by atoms with Gasteiger partial charge in [0.15, 0.2) is 11.5 Å². The third-order valence-corrected chi connectivity index (χ3v) is 3.83. The van der Waals surface area contributed by atoms with E-state index in [1.54, 1.807) is 4.68 Å². The smallest absolute Gasteiger partial charge is 0.176 e. The fraction of sp³-hybridized carbons (Fsp3) is 0.308. The molecule has 1 aliphatic heterocycles. The van der Waals surface area contributed by atoms with Gasteiger partial charge in [0.05, 0.1) is 23.4 Å². The largest absolute Gasteiger partial charge is 0.490 e. The second-order valence-corrected chi connectivity index (χ2v) is 5.18. The molecule has 2 heterocycles. The number of aromatic nitrogens is 2. The molecule has 0 saturated heterocycles. The Hall–Kier alpha value is -1.69. The van der Waals surface area contributed by atoms with Gasteiger partial charge in [0, 0.05) is 25.1 Å². The van der Waals surface area contributed by atoms with E-state index in [9.17, 15) is 0 Å². The van der Waals surface area contributed by atoms with Gasteiger partial charge in [-0.3, -0.25) is 4.68 Å². The van der Waals surface area contributed by atoms with Crippen molar-refractivity contribution in [2.24, 2.45) is 7.05 Å². The number of anilines is 1. The summed E-state index contributed by atoms with van der Waals surface area (Å²) in [6.45, 7) is 1.33. The number of rotatable bonds is 1. The summed E-state index contributed by atoms with van der Waals surface area (Å²) in [6.07, 6.45) is 0.882. The van der Waals surface area contributed by atoms with Crippen molar-refractivity contribution in [1.29, 1.82) is 0 Å². The number of fused-ring (bicyclic) bond motifs is 1. The Balaban J connectivity index is 2.10. The molecule has 0 saturated carbocycles. The highest BCUT2D eigenvalue weighted by Gasteiger charge is 2.19. The first kappa shape index (κ1) is 12.3. The number of nitrogens with two attached hydrogens (primary N) is 1. The predicted octanol–water partition coefficient (Wildman–Crippen LogP) is 2.59. The van der Waals surface area contributed by atoms with Crippen LogP contribution in [0.25, 0.3) is 11.3 Å². The molecule has 2 aromatic rings. The normalized spacial score (nSPS) is 14.2. The van der Waals surface area contributed by atoms with Gasteiger partial charge < -0.3 is 15.2 Å². The lowest BCUT2D eigenvalue weighted by Crippen LogP contribution is -1.98.